The number of rotatable bonds is 4. The molecule has 0 aromatic heterocycles. The highest BCUT2D eigenvalue weighted by Crippen LogP contribution is 2.26. The number of carbonyl (C=O) groups is 1. The summed E-state index contributed by atoms with van der Waals surface area (Å²) in [5.41, 5.74) is 2.99. The van der Waals surface area contributed by atoms with Crippen molar-refractivity contribution >= 4 is 23.2 Å². The SMILES string of the molecule is Cc1cccc(C)c1N(CC1OCCCCO1)C(=O)CCl. The molecule has 0 spiro atoms. The first-order chi connectivity index (χ1) is 10.1. The molecule has 0 unspecified atom stereocenters. The summed E-state index contributed by atoms with van der Waals surface area (Å²) in [4.78, 5) is 13.9. The van der Waals surface area contributed by atoms with Gasteiger partial charge in [0.1, 0.15) is 5.88 Å². The predicted octanol–water partition coefficient (Wildman–Crippen LogP) is 3.03. The van der Waals surface area contributed by atoms with Crippen molar-refractivity contribution < 1.29 is 14.3 Å². The zero-order valence-corrected chi connectivity index (χ0v) is 13.4. The van der Waals surface area contributed by atoms with E-state index in [0.717, 1.165) is 29.7 Å². The third-order valence-electron chi connectivity index (χ3n) is 3.60. The first-order valence-corrected chi connectivity index (χ1v) is 7.82. The lowest BCUT2D eigenvalue weighted by Crippen LogP contribution is -2.41. The molecule has 1 aromatic carbocycles. The van der Waals surface area contributed by atoms with Gasteiger partial charge < -0.3 is 14.4 Å². The molecule has 0 saturated carbocycles. The van der Waals surface area contributed by atoms with Crippen molar-refractivity contribution in [3.05, 3.63) is 29.3 Å². The molecule has 1 amide bonds. The third-order valence-corrected chi connectivity index (χ3v) is 3.83. The van der Waals surface area contributed by atoms with E-state index in [9.17, 15) is 4.79 Å². The zero-order chi connectivity index (χ0) is 15.2. The van der Waals surface area contributed by atoms with Gasteiger partial charge in [-0.05, 0) is 37.8 Å². The largest absolute Gasteiger partial charge is 0.351 e. The van der Waals surface area contributed by atoms with Gasteiger partial charge in [0, 0.05) is 18.9 Å². The van der Waals surface area contributed by atoms with Crippen LogP contribution < -0.4 is 4.90 Å². The van der Waals surface area contributed by atoms with Gasteiger partial charge in [0.25, 0.3) is 0 Å². The second kappa shape index (κ2) is 7.78. The number of para-hydroxylation sites is 1. The maximum atomic E-state index is 12.3. The molecular weight excluding hydrogens is 290 g/mol. The molecule has 5 heteroatoms. The molecule has 1 fully saturated rings. The molecule has 4 nitrogen and oxygen atoms in total. The number of alkyl halides is 1. The minimum Gasteiger partial charge on any atom is -0.351 e. The molecule has 0 radical (unpaired) electrons. The van der Waals surface area contributed by atoms with E-state index in [1.165, 1.54) is 0 Å². The van der Waals surface area contributed by atoms with Gasteiger partial charge >= 0.3 is 0 Å². The molecule has 0 atom stereocenters. The fourth-order valence-corrected chi connectivity index (χ4v) is 2.70. The zero-order valence-electron chi connectivity index (χ0n) is 12.6. The summed E-state index contributed by atoms with van der Waals surface area (Å²) >= 11 is 5.78. The molecule has 116 valence electrons. The Labute approximate surface area is 131 Å². The Morgan fingerprint density at radius 1 is 1.24 bits per heavy atom. The van der Waals surface area contributed by atoms with Gasteiger partial charge in [-0.2, -0.15) is 0 Å². The second-order valence-electron chi connectivity index (χ2n) is 5.26. The lowest BCUT2D eigenvalue weighted by atomic mass is 10.1. The van der Waals surface area contributed by atoms with Crippen LogP contribution in [0.15, 0.2) is 18.2 Å². The monoisotopic (exact) mass is 311 g/mol. The van der Waals surface area contributed by atoms with Crippen LogP contribution in [0, 0.1) is 13.8 Å². The van der Waals surface area contributed by atoms with E-state index in [1.807, 2.05) is 32.0 Å². The number of ether oxygens (including phenoxy) is 2. The highest BCUT2D eigenvalue weighted by atomic mass is 35.5. The Balaban J connectivity index is 2.24. The van der Waals surface area contributed by atoms with Gasteiger partial charge in [-0.25, -0.2) is 0 Å². The number of benzene rings is 1. The molecular formula is C16H22ClNO3. The number of halogens is 1. The number of hydrogen-bond acceptors (Lipinski definition) is 3. The van der Waals surface area contributed by atoms with Crippen molar-refractivity contribution in [2.45, 2.75) is 33.0 Å². The van der Waals surface area contributed by atoms with E-state index in [2.05, 4.69) is 0 Å². The van der Waals surface area contributed by atoms with Crippen LogP contribution in [0.4, 0.5) is 5.69 Å². The molecule has 2 rings (SSSR count). The normalized spacial score (nSPS) is 16.5. The van der Waals surface area contributed by atoms with Crippen molar-refractivity contribution in [1.82, 2.24) is 0 Å². The summed E-state index contributed by atoms with van der Waals surface area (Å²) in [5.74, 6) is -0.189. The molecule has 1 aliphatic rings. The lowest BCUT2D eigenvalue weighted by Gasteiger charge is -2.29. The average molecular weight is 312 g/mol. The van der Waals surface area contributed by atoms with Gasteiger partial charge in [0.05, 0.1) is 6.54 Å². The van der Waals surface area contributed by atoms with Gasteiger partial charge in [0.2, 0.25) is 5.91 Å². The smallest absolute Gasteiger partial charge is 0.242 e. The van der Waals surface area contributed by atoms with Gasteiger partial charge in [-0.3, -0.25) is 4.79 Å². The van der Waals surface area contributed by atoms with Crippen LogP contribution in [0.1, 0.15) is 24.0 Å². The number of hydrogen-bond donors (Lipinski definition) is 0. The Hall–Kier alpha value is -1.10. The number of aryl methyl sites for hydroxylation is 2. The van der Waals surface area contributed by atoms with E-state index in [1.54, 1.807) is 4.90 Å². The maximum Gasteiger partial charge on any atom is 0.242 e. The highest BCUT2D eigenvalue weighted by Gasteiger charge is 2.24. The van der Waals surface area contributed by atoms with Crippen molar-refractivity contribution in [2.75, 3.05) is 30.5 Å². The van der Waals surface area contributed by atoms with E-state index in [-0.39, 0.29) is 11.8 Å². The third kappa shape index (κ3) is 4.19. The van der Waals surface area contributed by atoms with E-state index in [0.29, 0.717) is 19.8 Å². The van der Waals surface area contributed by atoms with Gasteiger partial charge in [-0.15, -0.1) is 11.6 Å². The van der Waals surface area contributed by atoms with Crippen molar-refractivity contribution in [2.24, 2.45) is 0 Å². The first-order valence-electron chi connectivity index (χ1n) is 7.29. The van der Waals surface area contributed by atoms with Crippen LogP contribution in [-0.4, -0.2) is 37.8 Å². The van der Waals surface area contributed by atoms with E-state index >= 15 is 0 Å². The van der Waals surface area contributed by atoms with Crippen LogP contribution in [0.3, 0.4) is 0 Å². The number of nitrogens with zero attached hydrogens (tertiary/aromatic N) is 1. The fourth-order valence-electron chi connectivity index (χ4n) is 2.56. The molecule has 21 heavy (non-hydrogen) atoms. The number of anilines is 1. The Bertz CT molecular complexity index is 464. The minimum absolute atomic E-state index is 0.0551. The van der Waals surface area contributed by atoms with Crippen molar-refractivity contribution in [1.29, 1.82) is 0 Å². The summed E-state index contributed by atoms with van der Waals surface area (Å²) in [5, 5.41) is 0. The van der Waals surface area contributed by atoms with Crippen LogP contribution in [0.25, 0.3) is 0 Å². The molecule has 1 aromatic rings. The van der Waals surface area contributed by atoms with Crippen LogP contribution in [-0.2, 0) is 14.3 Å². The van der Waals surface area contributed by atoms with E-state index in [4.69, 9.17) is 21.1 Å². The predicted molar refractivity (Wildman–Crippen MR) is 83.9 cm³/mol. The molecule has 0 aliphatic carbocycles. The summed E-state index contributed by atoms with van der Waals surface area (Å²) in [6.45, 7) is 5.69. The fraction of sp³-hybridized carbons (Fsp3) is 0.562. The standard InChI is InChI=1S/C16H22ClNO3/c1-12-6-5-7-13(2)16(12)18(14(19)10-17)11-15-20-8-3-4-9-21-15/h5-7,15H,3-4,8-11H2,1-2H3. The quantitative estimate of drug-likeness (QED) is 0.802. The van der Waals surface area contributed by atoms with Crippen LogP contribution in [0.5, 0.6) is 0 Å². The second-order valence-corrected chi connectivity index (χ2v) is 5.52. The number of carbonyl (C=O) groups excluding carboxylic acids is 1. The number of amides is 1. The summed E-state index contributed by atoms with van der Waals surface area (Å²) < 4.78 is 11.3. The molecule has 1 saturated heterocycles. The molecule has 0 bridgehead atoms. The van der Waals surface area contributed by atoms with E-state index < -0.39 is 6.29 Å². The topological polar surface area (TPSA) is 38.8 Å². The van der Waals surface area contributed by atoms with Crippen molar-refractivity contribution in [3.8, 4) is 0 Å². The Kier molecular flexibility index (Phi) is 6.03. The minimum atomic E-state index is -0.390. The van der Waals surface area contributed by atoms with Gasteiger partial charge in [0.15, 0.2) is 6.29 Å². The maximum absolute atomic E-state index is 12.3. The van der Waals surface area contributed by atoms with Gasteiger partial charge in [-0.1, -0.05) is 18.2 Å². The lowest BCUT2D eigenvalue weighted by molar-refractivity contribution is -0.128. The molecule has 1 aliphatic heterocycles. The first kappa shape index (κ1) is 16.3. The summed E-state index contributed by atoms with van der Waals surface area (Å²) in [6.07, 6.45) is 1.59. The highest BCUT2D eigenvalue weighted by molar-refractivity contribution is 6.29. The summed E-state index contributed by atoms with van der Waals surface area (Å²) in [6, 6.07) is 5.97. The van der Waals surface area contributed by atoms with Crippen LogP contribution >= 0.6 is 11.6 Å². The van der Waals surface area contributed by atoms with Crippen LogP contribution in [0.2, 0.25) is 0 Å². The summed E-state index contributed by atoms with van der Waals surface area (Å²) in [7, 11) is 0. The molecule has 1 heterocycles. The molecule has 0 N–H and O–H groups in total. The average Bonchev–Trinajstić information content (AvgIpc) is 2.73. The Morgan fingerprint density at radius 3 is 2.33 bits per heavy atom. The van der Waals surface area contributed by atoms with Crippen molar-refractivity contribution in [3.63, 3.8) is 0 Å². The Morgan fingerprint density at radius 2 is 1.81 bits per heavy atom.